The standard InChI is InChI=1S/C17H15BrN2O4/c18-13-2-1-3-14(8-13)24-15-5-4-11(9-19-15)16(21)20-7-6-12(10-20)17(22)23/h1-5,8-9,12H,6-7,10H2,(H,22,23)/t12-/m1/s1. The molecule has 1 aromatic carbocycles. The molecule has 0 unspecified atom stereocenters. The lowest BCUT2D eigenvalue weighted by atomic mass is 10.1. The number of carboxylic acids is 1. The highest BCUT2D eigenvalue weighted by molar-refractivity contribution is 9.10. The zero-order valence-electron chi connectivity index (χ0n) is 12.7. The van der Waals surface area contributed by atoms with Gasteiger partial charge in [-0.3, -0.25) is 9.59 Å². The summed E-state index contributed by atoms with van der Waals surface area (Å²) in [4.78, 5) is 29.0. The van der Waals surface area contributed by atoms with Crippen LogP contribution in [0.1, 0.15) is 16.8 Å². The van der Waals surface area contributed by atoms with E-state index in [4.69, 9.17) is 9.84 Å². The smallest absolute Gasteiger partial charge is 0.308 e. The van der Waals surface area contributed by atoms with Gasteiger partial charge in [0.15, 0.2) is 0 Å². The fourth-order valence-corrected chi connectivity index (χ4v) is 2.93. The molecule has 1 N–H and O–H groups in total. The predicted octanol–water partition coefficient (Wildman–Crippen LogP) is 3.18. The summed E-state index contributed by atoms with van der Waals surface area (Å²) in [7, 11) is 0. The van der Waals surface area contributed by atoms with Crippen LogP contribution in [-0.4, -0.2) is 40.0 Å². The van der Waals surface area contributed by atoms with Gasteiger partial charge in [-0.05, 0) is 30.7 Å². The molecule has 1 saturated heterocycles. The molecule has 0 radical (unpaired) electrons. The van der Waals surface area contributed by atoms with E-state index in [2.05, 4.69) is 20.9 Å². The molecule has 1 amide bonds. The normalized spacial score (nSPS) is 16.9. The first-order valence-corrected chi connectivity index (χ1v) is 8.24. The van der Waals surface area contributed by atoms with Crippen molar-refractivity contribution in [2.75, 3.05) is 13.1 Å². The maximum atomic E-state index is 12.4. The third kappa shape index (κ3) is 3.73. The zero-order valence-corrected chi connectivity index (χ0v) is 14.3. The highest BCUT2D eigenvalue weighted by Crippen LogP contribution is 2.24. The number of aliphatic carboxylic acids is 1. The Balaban J connectivity index is 1.66. The molecule has 1 fully saturated rings. The molecule has 0 saturated carbocycles. The molecule has 24 heavy (non-hydrogen) atoms. The number of hydrogen-bond acceptors (Lipinski definition) is 4. The molecule has 1 aliphatic rings. The van der Waals surface area contributed by atoms with E-state index >= 15 is 0 Å². The summed E-state index contributed by atoms with van der Waals surface area (Å²) < 4.78 is 6.52. The van der Waals surface area contributed by atoms with Crippen molar-refractivity contribution in [3.8, 4) is 11.6 Å². The van der Waals surface area contributed by atoms with Crippen LogP contribution in [0.25, 0.3) is 0 Å². The molecule has 1 aromatic heterocycles. The average Bonchev–Trinajstić information content (AvgIpc) is 3.05. The van der Waals surface area contributed by atoms with Crippen LogP contribution in [-0.2, 0) is 4.79 Å². The van der Waals surface area contributed by atoms with Gasteiger partial charge in [-0.15, -0.1) is 0 Å². The number of rotatable bonds is 4. The van der Waals surface area contributed by atoms with Crippen LogP contribution in [0, 0.1) is 5.92 Å². The molecule has 0 bridgehead atoms. The minimum atomic E-state index is -0.860. The van der Waals surface area contributed by atoms with Crippen molar-refractivity contribution in [3.63, 3.8) is 0 Å². The van der Waals surface area contributed by atoms with Crippen LogP contribution in [0.2, 0.25) is 0 Å². The Bertz CT molecular complexity index is 763. The Morgan fingerprint density at radius 1 is 1.29 bits per heavy atom. The number of nitrogens with zero attached hydrogens (tertiary/aromatic N) is 2. The number of halogens is 1. The first-order valence-electron chi connectivity index (χ1n) is 7.44. The van der Waals surface area contributed by atoms with Gasteiger partial charge in [0.25, 0.3) is 5.91 Å². The van der Waals surface area contributed by atoms with Gasteiger partial charge in [0.1, 0.15) is 5.75 Å². The fourth-order valence-electron chi connectivity index (χ4n) is 2.55. The van der Waals surface area contributed by atoms with Crippen molar-refractivity contribution in [3.05, 3.63) is 52.6 Å². The number of ether oxygens (including phenoxy) is 1. The van der Waals surface area contributed by atoms with Gasteiger partial charge in [-0.2, -0.15) is 0 Å². The second-order valence-corrected chi connectivity index (χ2v) is 6.44. The molecule has 2 aromatic rings. The summed E-state index contributed by atoms with van der Waals surface area (Å²) in [5.41, 5.74) is 0.419. The molecule has 6 nitrogen and oxygen atoms in total. The predicted molar refractivity (Wildman–Crippen MR) is 90.1 cm³/mol. The third-order valence-electron chi connectivity index (χ3n) is 3.83. The van der Waals surface area contributed by atoms with E-state index in [-0.39, 0.29) is 12.5 Å². The first-order chi connectivity index (χ1) is 11.5. The van der Waals surface area contributed by atoms with Crippen molar-refractivity contribution >= 4 is 27.8 Å². The zero-order chi connectivity index (χ0) is 17.1. The number of aromatic nitrogens is 1. The third-order valence-corrected chi connectivity index (χ3v) is 4.32. The number of likely N-dealkylation sites (tertiary alicyclic amines) is 1. The maximum Gasteiger partial charge on any atom is 0.308 e. The first kappa shape index (κ1) is 16.4. The second-order valence-electron chi connectivity index (χ2n) is 5.52. The molecule has 1 atom stereocenters. The Morgan fingerprint density at radius 2 is 2.12 bits per heavy atom. The second kappa shape index (κ2) is 7.00. The Kier molecular flexibility index (Phi) is 4.80. The molecule has 0 aliphatic carbocycles. The van der Waals surface area contributed by atoms with Crippen LogP contribution in [0.4, 0.5) is 0 Å². The molecule has 7 heteroatoms. The van der Waals surface area contributed by atoms with Gasteiger partial charge >= 0.3 is 5.97 Å². The Morgan fingerprint density at radius 3 is 2.75 bits per heavy atom. The number of amides is 1. The van der Waals surface area contributed by atoms with Crippen LogP contribution < -0.4 is 4.74 Å². The monoisotopic (exact) mass is 390 g/mol. The number of benzene rings is 1. The van der Waals surface area contributed by atoms with Crippen molar-refractivity contribution in [2.45, 2.75) is 6.42 Å². The topological polar surface area (TPSA) is 79.7 Å². The van der Waals surface area contributed by atoms with Gasteiger partial charge in [0, 0.05) is 29.8 Å². The van der Waals surface area contributed by atoms with E-state index in [1.807, 2.05) is 24.3 Å². The van der Waals surface area contributed by atoms with Gasteiger partial charge in [0.05, 0.1) is 11.5 Å². The number of carboxylic acid groups (broad SMARTS) is 1. The van der Waals surface area contributed by atoms with Crippen molar-refractivity contribution in [2.24, 2.45) is 5.92 Å². The lowest BCUT2D eigenvalue weighted by Crippen LogP contribution is -2.30. The maximum absolute atomic E-state index is 12.4. The quantitative estimate of drug-likeness (QED) is 0.866. The summed E-state index contributed by atoms with van der Waals surface area (Å²) in [6, 6.07) is 10.6. The van der Waals surface area contributed by atoms with Crippen LogP contribution in [0.5, 0.6) is 11.6 Å². The van der Waals surface area contributed by atoms with Crippen LogP contribution >= 0.6 is 15.9 Å². The largest absolute Gasteiger partial charge is 0.481 e. The van der Waals surface area contributed by atoms with Gasteiger partial charge in [-0.25, -0.2) is 4.98 Å². The van der Waals surface area contributed by atoms with Gasteiger partial charge in [-0.1, -0.05) is 22.0 Å². The van der Waals surface area contributed by atoms with Crippen molar-refractivity contribution < 1.29 is 19.4 Å². The summed E-state index contributed by atoms with van der Waals surface area (Å²) in [6.07, 6.45) is 1.93. The van der Waals surface area contributed by atoms with Gasteiger partial charge in [0.2, 0.25) is 5.88 Å². The molecular formula is C17H15BrN2O4. The van der Waals surface area contributed by atoms with E-state index < -0.39 is 11.9 Å². The SMILES string of the molecule is O=C(O)[C@@H]1CCN(C(=O)c2ccc(Oc3cccc(Br)c3)nc2)C1. The van der Waals surface area contributed by atoms with Crippen LogP contribution in [0.15, 0.2) is 47.1 Å². The van der Waals surface area contributed by atoms with Gasteiger partial charge < -0.3 is 14.7 Å². The Hall–Kier alpha value is -2.41. The molecule has 2 heterocycles. The molecule has 3 rings (SSSR count). The number of hydrogen-bond donors (Lipinski definition) is 1. The minimum Gasteiger partial charge on any atom is -0.481 e. The molecular weight excluding hydrogens is 376 g/mol. The molecule has 1 aliphatic heterocycles. The van der Waals surface area contributed by atoms with E-state index in [1.54, 1.807) is 17.0 Å². The number of pyridine rings is 1. The lowest BCUT2D eigenvalue weighted by Gasteiger charge is -2.15. The fraction of sp³-hybridized carbons (Fsp3) is 0.235. The summed E-state index contributed by atoms with van der Waals surface area (Å²) >= 11 is 3.37. The summed E-state index contributed by atoms with van der Waals surface area (Å²) in [6.45, 7) is 0.691. The summed E-state index contributed by atoms with van der Waals surface area (Å²) in [5.74, 6) is -0.531. The average molecular weight is 391 g/mol. The number of carbonyl (C=O) groups is 2. The van der Waals surface area contributed by atoms with E-state index in [9.17, 15) is 9.59 Å². The molecule has 124 valence electrons. The minimum absolute atomic E-state index is 0.208. The Labute approximate surface area is 147 Å². The van der Waals surface area contributed by atoms with Crippen LogP contribution in [0.3, 0.4) is 0 Å². The van der Waals surface area contributed by atoms with E-state index in [0.29, 0.717) is 30.2 Å². The summed E-state index contributed by atoms with van der Waals surface area (Å²) in [5, 5.41) is 9.01. The van der Waals surface area contributed by atoms with E-state index in [0.717, 1.165) is 4.47 Å². The van der Waals surface area contributed by atoms with E-state index in [1.165, 1.54) is 6.20 Å². The molecule has 0 spiro atoms. The van der Waals surface area contributed by atoms with Crippen molar-refractivity contribution in [1.82, 2.24) is 9.88 Å². The highest BCUT2D eigenvalue weighted by Gasteiger charge is 2.31. The highest BCUT2D eigenvalue weighted by atomic mass is 79.9. The number of carbonyl (C=O) groups excluding carboxylic acids is 1. The van der Waals surface area contributed by atoms with Crippen molar-refractivity contribution in [1.29, 1.82) is 0 Å². The lowest BCUT2D eigenvalue weighted by molar-refractivity contribution is -0.141.